The SMILES string of the molecule is O=C(CCc1cccc2ccccc12)N1C2C=CCC1CC2. The number of hydrogen-bond donors (Lipinski definition) is 0. The average molecular weight is 291 g/mol. The van der Waals surface area contributed by atoms with Gasteiger partial charge in [-0.3, -0.25) is 4.79 Å². The Balaban J connectivity index is 1.50. The minimum Gasteiger partial charge on any atom is -0.333 e. The van der Waals surface area contributed by atoms with Gasteiger partial charge in [0.2, 0.25) is 5.91 Å². The zero-order valence-electron chi connectivity index (χ0n) is 12.7. The second kappa shape index (κ2) is 5.60. The smallest absolute Gasteiger partial charge is 0.223 e. The largest absolute Gasteiger partial charge is 0.333 e. The molecule has 2 aromatic rings. The summed E-state index contributed by atoms with van der Waals surface area (Å²) in [7, 11) is 0. The number of rotatable bonds is 3. The van der Waals surface area contributed by atoms with Crippen LogP contribution >= 0.6 is 0 Å². The van der Waals surface area contributed by atoms with Crippen LogP contribution in [0.15, 0.2) is 54.6 Å². The molecule has 2 aliphatic rings. The van der Waals surface area contributed by atoms with Gasteiger partial charge in [0.05, 0.1) is 6.04 Å². The Hall–Kier alpha value is -2.09. The maximum absolute atomic E-state index is 12.7. The van der Waals surface area contributed by atoms with E-state index in [1.807, 2.05) is 0 Å². The van der Waals surface area contributed by atoms with Gasteiger partial charge in [0.25, 0.3) is 0 Å². The van der Waals surface area contributed by atoms with E-state index in [0.717, 1.165) is 25.7 Å². The van der Waals surface area contributed by atoms with Gasteiger partial charge in [-0.2, -0.15) is 0 Å². The van der Waals surface area contributed by atoms with Gasteiger partial charge in [-0.15, -0.1) is 0 Å². The van der Waals surface area contributed by atoms with Gasteiger partial charge in [0, 0.05) is 12.5 Å². The fourth-order valence-corrected chi connectivity index (χ4v) is 3.99. The third-order valence-corrected chi connectivity index (χ3v) is 5.09. The van der Waals surface area contributed by atoms with Crippen molar-refractivity contribution in [3.8, 4) is 0 Å². The average Bonchev–Trinajstić information content (AvgIpc) is 2.81. The van der Waals surface area contributed by atoms with Crippen LogP contribution in [0, 0.1) is 0 Å². The number of carbonyl (C=O) groups is 1. The highest BCUT2D eigenvalue weighted by molar-refractivity contribution is 5.86. The predicted molar refractivity (Wildman–Crippen MR) is 89.7 cm³/mol. The molecular weight excluding hydrogens is 270 g/mol. The van der Waals surface area contributed by atoms with Crippen molar-refractivity contribution in [1.29, 1.82) is 0 Å². The molecule has 1 fully saturated rings. The number of fused-ring (bicyclic) bond motifs is 3. The van der Waals surface area contributed by atoms with Crippen molar-refractivity contribution in [3.63, 3.8) is 0 Å². The molecule has 2 heterocycles. The van der Waals surface area contributed by atoms with Gasteiger partial charge >= 0.3 is 0 Å². The highest BCUT2D eigenvalue weighted by atomic mass is 16.2. The summed E-state index contributed by atoms with van der Waals surface area (Å²) in [6.07, 6.45) is 9.26. The standard InChI is InChI=1S/C20H21NO/c22-20(21-17-8-4-9-18(21)13-12-17)14-11-16-7-3-6-15-5-1-2-10-19(15)16/h1-8,10,17-18H,9,11-14H2. The van der Waals surface area contributed by atoms with E-state index in [1.54, 1.807) is 0 Å². The summed E-state index contributed by atoms with van der Waals surface area (Å²) in [4.78, 5) is 14.8. The molecule has 2 nitrogen and oxygen atoms in total. The molecule has 0 aromatic heterocycles. The molecule has 2 heteroatoms. The van der Waals surface area contributed by atoms with Crippen LogP contribution in [-0.4, -0.2) is 22.9 Å². The van der Waals surface area contributed by atoms with Crippen molar-refractivity contribution in [2.75, 3.05) is 0 Å². The Kier molecular flexibility index (Phi) is 3.45. The molecule has 2 atom stereocenters. The van der Waals surface area contributed by atoms with Gasteiger partial charge in [-0.1, -0.05) is 54.6 Å². The fourth-order valence-electron chi connectivity index (χ4n) is 3.99. The number of benzene rings is 2. The minimum absolute atomic E-state index is 0.324. The summed E-state index contributed by atoms with van der Waals surface area (Å²) >= 11 is 0. The quantitative estimate of drug-likeness (QED) is 0.780. The molecule has 2 bridgehead atoms. The summed E-state index contributed by atoms with van der Waals surface area (Å²) in [6.45, 7) is 0. The molecule has 0 spiro atoms. The van der Waals surface area contributed by atoms with E-state index < -0.39 is 0 Å². The van der Waals surface area contributed by atoms with Gasteiger partial charge in [0.15, 0.2) is 0 Å². The van der Waals surface area contributed by atoms with Gasteiger partial charge in [0.1, 0.15) is 0 Å². The van der Waals surface area contributed by atoms with E-state index in [1.165, 1.54) is 16.3 Å². The molecule has 4 rings (SSSR count). The molecule has 2 aromatic carbocycles. The third-order valence-electron chi connectivity index (χ3n) is 5.09. The van der Waals surface area contributed by atoms with Crippen molar-refractivity contribution in [2.24, 2.45) is 0 Å². The van der Waals surface area contributed by atoms with Crippen LogP contribution in [0.1, 0.15) is 31.2 Å². The first-order valence-electron chi connectivity index (χ1n) is 8.27. The number of carbonyl (C=O) groups excluding carboxylic acids is 1. The van der Waals surface area contributed by atoms with E-state index in [0.29, 0.717) is 24.4 Å². The molecule has 1 amide bonds. The summed E-state index contributed by atoms with van der Waals surface area (Å²) < 4.78 is 0. The predicted octanol–water partition coefficient (Wildman–Crippen LogP) is 4.09. The zero-order chi connectivity index (χ0) is 14.9. The normalized spacial score (nSPS) is 23.2. The first kappa shape index (κ1) is 13.6. The second-order valence-corrected chi connectivity index (χ2v) is 6.40. The first-order chi connectivity index (χ1) is 10.8. The van der Waals surface area contributed by atoms with Crippen molar-refractivity contribution < 1.29 is 4.79 Å². The Labute approximate surface area is 131 Å². The summed E-state index contributed by atoms with van der Waals surface area (Å²) in [5, 5.41) is 2.53. The highest BCUT2D eigenvalue weighted by Gasteiger charge is 2.36. The molecule has 0 N–H and O–H groups in total. The van der Waals surface area contributed by atoms with Crippen LogP contribution in [0.3, 0.4) is 0 Å². The fraction of sp³-hybridized carbons (Fsp3) is 0.350. The molecule has 2 aliphatic heterocycles. The van der Waals surface area contributed by atoms with Gasteiger partial charge < -0.3 is 4.90 Å². The molecule has 22 heavy (non-hydrogen) atoms. The molecular formula is C20H21NO. The highest BCUT2D eigenvalue weighted by Crippen LogP contribution is 2.32. The van der Waals surface area contributed by atoms with Crippen molar-refractivity contribution >= 4 is 16.7 Å². The lowest BCUT2D eigenvalue weighted by molar-refractivity contribution is -0.133. The summed E-state index contributed by atoms with van der Waals surface area (Å²) in [6, 6.07) is 15.6. The van der Waals surface area contributed by atoms with E-state index in [-0.39, 0.29) is 0 Å². The maximum atomic E-state index is 12.7. The molecule has 0 radical (unpaired) electrons. The Morgan fingerprint density at radius 1 is 1.09 bits per heavy atom. The lowest BCUT2D eigenvalue weighted by atomic mass is 10.00. The van der Waals surface area contributed by atoms with E-state index in [9.17, 15) is 4.79 Å². The molecule has 2 unspecified atom stereocenters. The lowest BCUT2D eigenvalue weighted by Crippen LogP contribution is -2.42. The Morgan fingerprint density at radius 2 is 1.95 bits per heavy atom. The monoisotopic (exact) mass is 291 g/mol. The minimum atomic E-state index is 0.324. The van der Waals surface area contributed by atoms with E-state index in [2.05, 4.69) is 59.5 Å². The van der Waals surface area contributed by atoms with Crippen LogP contribution in [0.2, 0.25) is 0 Å². The van der Waals surface area contributed by atoms with E-state index in [4.69, 9.17) is 0 Å². The van der Waals surface area contributed by atoms with Crippen LogP contribution in [0.5, 0.6) is 0 Å². The van der Waals surface area contributed by atoms with Crippen LogP contribution in [-0.2, 0) is 11.2 Å². The number of hydrogen-bond acceptors (Lipinski definition) is 1. The molecule has 0 aliphatic carbocycles. The topological polar surface area (TPSA) is 20.3 Å². The summed E-state index contributed by atoms with van der Waals surface area (Å²) in [5.41, 5.74) is 1.28. The van der Waals surface area contributed by atoms with Crippen molar-refractivity contribution in [3.05, 3.63) is 60.2 Å². The zero-order valence-corrected chi connectivity index (χ0v) is 12.7. The summed E-state index contributed by atoms with van der Waals surface area (Å²) in [5.74, 6) is 0.324. The maximum Gasteiger partial charge on any atom is 0.223 e. The lowest BCUT2D eigenvalue weighted by Gasteiger charge is -2.31. The Morgan fingerprint density at radius 3 is 2.86 bits per heavy atom. The first-order valence-corrected chi connectivity index (χ1v) is 8.27. The van der Waals surface area contributed by atoms with Gasteiger partial charge in [-0.25, -0.2) is 0 Å². The van der Waals surface area contributed by atoms with Crippen LogP contribution < -0.4 is 0 Å². The van der Waals surface area contributed by atoms with Crippen molar-refractivity contribution in [1.82, 2.24) is 4.90 Å². The van der Waals surface area contributed by atoms with E-state index >= 15 is 0 Å². The second-order valence-electron chi connectivity index (χ2n) is 6.40. The number of aryl methyl sites for hydroxylation is 1. The van der Waals surface area contributed by atoms with Crippen LogP contribution in [0.25, 0.3) is 10.8 Å². The molecule has 0 saturated carbocycles. The van der Waals surface area contributed by atoms with Crippen LogP contribution in [0.4, 0.5) is 0 Å². The Bertz CT molecular complexity index is 728. The van der Waals surface area contributed by atoms with Gasteiger partial charge in [-0.05, 0) is 42.0 Å². The number of amides is 1. The van der Waals surface area contributed by atoms with Crippen molar-refractivity contribution in [2.45, 2.75) is 44.2 Å². The number of nitrogens with zero attached hydrogens (tertiary/aromatic N) is 1. The molecule has 112 valence electrons. The molecule has 1 saturated heterocycles. The third kappa shape index (κ3) is 2.33.